The molecule has 0 fully saturated rings. The Morgan fingerprint density at radius 1 is 1.44 bits per heavy atom. The fourth-order valence-electron chi connectivity index (χ4n) is 2.47. The van der Waals surface area contributed by atoms with Crippen LogP contribution in [-0.4, -0.2) is 20.9 Å². The van der Waals surface area contributed by atoms with E-state index in [0.29, 0.717) is 11.3 Å². The van der Waals surface area contributed by atoms with E-state index in [1.54, 1.807) is 4.68 Å². The molecule has 0 unspecified atom stereocenters. The molecule has 0 aromatic carbocycles. The third-order valence-corrected chi connectivity index (χ3v) is 3.28. The molecule has 0 saturated carbocycles. The van der Waals surface area contributed by atoms with E-state index < -0.39 is 5.97 Å². The molecule has 5 heteroatoms. The third kappa shape index (κ3) is 1.63. The van der Waals surface area contributed by atoms with Crippen LogP contribution in [0.1, 0.15) is 34.8 Å². The summed E-state index contributed by atoms with van der Waals surface area (Å²) in [5.74, 6) is 0.381. The SMILES string of the molecule is Cc1ccc(-c2c(C(=O)O)nn3c2CCCC3)o1. The number of carboxylic acid groups (broad SMARTS) is 1. The highest BCUT2D eigenvalue weighted by atomic mass is 16.4. The molecule has 0 saturated heterocycles. The van der Waals surface area contributed by atoms with Gasteiger partial charge in [0.1, 0.15) is 11.5 Å². The second-order valence-electron chi connectivity index (χ2n) is 4.57. The summed E-state index contributed by atoms with van der Waals surface area (Å²) in [7, 11) is 0. The van der Waals surface area contributed by atoms with Gasteiger partial charge in [-0.25, -0.2) is 4.79 Å². The number of carbonyl (C=O) groups is 1. The van der Waals surface area contributed by atoms with Crippen molar-refractivity contribution in [2.75, 3.05) is 0 Å². The van der Waals surface area contributed by atoms with Crippen molar-refractivity contribution in [1.82, 2.24) is 9.78 Å². The Bertz CT molecular complexity index is 610. The van der Waals surface area contributed by atoms with Crippen molar-refractivity contribution in [2.45, 2.75) is 32.7 Å². The second kappa shape index (κ2) is 4.01. The minimum absolute atomic E-state index is 0.0984. The molecule has 94 valence electrons. The minimum atomic E-state index is -0.999. The van der Waals surface area contributed by atoms with Gasteiger partial charge in [-0.15, -0.1) is 0 Å². The average molecular weight is 246 g/mol. The van der Waals surface area contributed by atoms with E-state index in [9.17, 15) is 9.90 Å². The van der Waals surface area contributed by atoms with Crippen LogP contribution in [0.3, 0.4) is 0 Å². The lowest BCUT2D eigenvalue weighted by Gasteiger charge is -2.13. The van der Waals surface area contributed by atoms with E-state index in [1.165, 1.54) is 0 Å². The number of hydrogen-bond donors (Lipinski definition) is 1. The largest absolute Gasteiger partial charge is 0.476 e. The predicted octanol–water partition coefficient (Wildman–Crippen LogP) is 2.49. The van der Waals surface area contributed by atoms with E-state index in [0.717, 1.165) is 37.3 Å². The maximum Gasteiger partial charge on any atom is 0.357 e. The number of carboxylic acids is 1. The molecule has 5 nitrogen and oxygen atoms in total. The molecule has 0 atom stereocenters. The molecule has 0 spiro atoms. The average Bonchev–Trinajstić information content (AvgIpc) is 2.92. The van der Waals surface area contributed by atoms with Crippen LogP contribution in [0.4, 0.5) is 0 Å². The molecule has 1 N–H and O–H groups in total. The topological polar surface area (TPSA) is 68.3 Å². The maximum absolute atomic E-state index is 11.3. The standard InChI is InChI=1S/C13H14N2O3/c1-8-5-6-10(18-8)11-9-4-2-3-7-15(9)14-12(11)13(16)17/h5-6H,2-4,7H2,1H3,(H,16,17). The van der Waals surface area contributed by atoms with Crippen LogP contribution in [-0.2, 0) is 13.0 Å². The summed E-state index contributed by atoms with van der Waals surface area (Å²) in [4.78, 5) is 11.3. The summed E-state index contributed by atoms with van der Waals surface area (Å²) in [5, 5.41) is 13.5. The van der Waals surface area contributed by atoms with Gasteiger partial charge in [0.15, 0.2) is 5.69 Å². The number of aryl methyl sites for hydroxylation is 2. The van der Waals surface area contributed by atoms with Crippen LogP contribution in [0.15, 0.2) is 16.5 Å². The van der Waals surface area contributed by atoms with Crippen LogP contribution in [0, 0.1) is 6.92 Å². The summed E-state index contributed by atoms with van der Waals surface area (Å²) in [5.41, 5.74) is 1.73. The molecule has 2 aromatic rings. The number of aromatic nitrogens is 2. The van der Waals surface area contributed by atoms with E-state index in [4.69, 9.17) is 4.42 Å². The van der Waals surface area contributed by atoms with Crippen LogP contribution in [0.25, 0.3) is 11.3 Å². The summed E-state index contributed by atoms with van der Waals surface area (Å²) < 4.78 is 7.37. The normalized spacial score (nSPS) is 14.5. The first-order valence-corrected chi connectivity index (χ1v) is 6.06. The van der Waals surface area contributed by atoms with Gasteiger partial charge in [-0.3, -0.25) is 4.68 Å². The Kier molecular flexibility index (Phi) is 2.47. The molecular formula is C13H14N2O3. The summed E-state index contributed by atoms with van der Waals surface area (Å²) in [6.07, 6.45) is 2.97. The highest BCUT2D eigenvalue weighted by Crippen LogP contribution is 2.32. The van der Waals surface area contributed by atoms with Gasteiger partial charge in [0.05, 0.1) is 11.3 Å². The molecule has 2 aromatic heterocycles. The monoisotopic (exact) mass is 246 g/mol. The number of fused-ring (bicyclic) bond motifs is 1. The molecule has 3 heterocycles. The van der Waals surface area contributed by atoms with Gasteiger partial charge in [-0.2, -0.15) is 5.10 Å². The zero-order chi connectivity index (χ0) is 12.7. The van der Waals surface area contributed by atoms with Crippen LogP contribution in [0.5, 0.6) is 0 Å². The lowest BCUT2D eigenvalue weighted by molar-refractivity contribution is 0.0690. The quantitative estimate of drug-likeness (QED) is 0.883. The van der Waals surface area contributed by atoms with Gasteiger partial charge in [-0.05, 0) is 38.3 Å². The molecule has 18 heavy (non-hydrogen) atoms. The molecular weight excluding hydrogens is 232 g/mol. The van der Waals surface area contributed by atoms with Crippen LogP contribution < -0.4 is 0 Å². The number of hydrogen-bond acceptors (Lipinski definition) is 3. The van der Waals surface area contributed by atoms with Crippen molar-refractivity contribution < 1.29 is 14.3 Å². The maximum atomic E-state index is 11.3. The predicted molar refractivity (Wildman–Crippen MR) is 64.6 cm³/mol. The highest BCUT2D eigenvalue weighted by Gasteiger charge is 2.26. The number of nitrogens with zero attached hydrogens (tertiary/aromatic N) is 2. The van der Waals surface area contributed by atoms with Crippen molar-refractivity contribution in [1.29, 1.82) is 0 Å². The van der Waals surface area contributed by atoms with Crippen molar-refractivity contribution in [2.24, 2.45) is 0 Å². The molecule has 0 aliphatic carbocycles. The van der Waals surface area contributed by atoms with Crippen molar-refractivity contribution in [3.8, 4) is 11.3 Å². The van der Waals surface area contributed by atoms with E-state index in [2.05, 4.69) is 5.10 Å². The third-order valence-electron chi connectivity index (χ3n) is 3.28. The lowest BCUT2D eigenvalue weighted by atomic mass is 10.0. The summed E-state index contributed by atoms with van der Waals surface area (Å²) in [6.45, 7) is 2.63. The van der Waals surface area contributed by atoms with Crippen LogP contribution in [0.2, 0.25) is 0 Å². The Labute approximate surface area is 104 Å². The van der Waals surface area contributed by atoms with Gasteiger partial charge >= 0.3 is 5.97 Å². The molecule has 0 bridgehead atoms. The Morgan fingerprint density at radius 2 is 2.28 bits per heavy atom. The summed E-state index contributed by atoms with van der Waals surface area (Å²) in [6, 6.07) is 3.65. The molecule has 0 radical (unpaired) electrons. The van der Waals surface area contributed by atoms with Gasteiger partial charge in [0.25, 0.3) is 0 Å². The van der Waals surface area contributed by atoms with Crippen molar-refractivity contribution in [3.05, 3.63) is 29.3 Å². The zero-order valence-electron chi connectivity index (χ0n) is 10.1. The molecule has 1 aliphatic heterocycles. The van der Waals surface area contributed by atoms with Gasteiger partial charge in [0, 0.05) is 6.54 Å². The Balaban J connectivity index is 2.22. The van der Waals surface area contributed by atoms with E-state index >= 15 is 0 Å². The molecule has 3 rings (SSSR count). The molecule has 0 amide bonds. The smallest absolute Gasteiger partial charge is 0.357 e. The van der Waals surface area contributed by atoms with E-state index in [1.807, 2.05) is 19.1 Å². The first-order chi connectivity index (χ1) is 8.66. The van der Waals surface area contributed by atoms with Gasteiger partial charge < -0.3 is 9.52 Å². The van der Waals surface area contributed by atoms with Gasteiger partial charge in [-0.1, -0.05) is 0 Å². The van der Waals surface area contributed by atoms with Crippen molar-refractivity contribution >= 4 is 5.97 Å². The fourth-order valence-corrected chi connectivity index (χ4v) is 2.47. The number of furan rings is 1. The highest BCUT2D eigenvalue weighted by molar-refractivity contribution is 5.94. The minimum Gasteiger partial charge on any atom is -0.476 e. The summed E-state index contributed by atoms with van der Waals surface area (Å²) >= 11 is 0. The first-order valence-electron chi connectivity index (χ1n) is 6.06. The van der Waals surface area contributed by atoms with Crippen LogP contribution >= 0.6 is 0 Å². The number of aromatic carboxylic acids is 1. The number of rotatable bonds is 2. The lowest BCUT2D eigenvalue weighted by Crippen LogP contribution is -2.11. The molecule has 1 aliphatic rings. The second-order valence-corrected chi connectivity index (χ2v) is 4.57. The zero-order valence-corrected chi connectivity index (χ0v) is 10.1. The van der Waals surface area contributed by atoms with E-state index in [-0.39, 0.29) is 5.69 Å². The Hall–Kier alpha value is -2.04. The Morgan fingerprint density at radius 3 is 2.94 bits per heavy atom. The fraction of sp³-hybridized carbons (Fsp3) is 0.385. The first kappa shape index (κ1) is 11.1. The van der Waals surface area contributed by atoms with Gasteiger partial charge in [0.2, 0.25) is 0 Å². The van der Waals surface area contributed by atoms with Crippen molar-refractivity contribution in [3.63, 3.8) is 0 Å².